The van der Waals surface area contributed by atoms with Crippen molar-refractivity contribution in [3.05, 3.63) is 45.8 Å². The Kier molecular flexibility index (Phi) is 3.62. The van der Waals surface area contributed by atoms with Crippen LogP contribution in [0.5, 0.6) is 0 Å². The topological polar surface area (TPSA) is 62.2 Å². The van der Waals surface area contributed by atoms with Crippen molar-refractivity contribution in [2.24, 2.45) is 0 Å². The lowest BCUT2D eigenvalue weighted by molar-refractivity contribution is 0.0697. The standard InChI is InChI=1S/C13H14N2O2S/c1-8-5-6-11(18-8)9(2)15-12-10(13(16)17)4-3-7-14-12/h3-7,9H,1-2H3,(H,14,15)(H,16,17). The molecule has 5 heteroatoms. The van der Waals surface area contributed by atoms with Crippen LogP contribution >= 0.6 is 11.3 Å². The number of hydrogen-bond acceptors (Lipinski definition) is 4. The lowest BCUT2D eigenvalue weighted by Crippen LogP contribution is -2.11. The number of thiophene rings is 1. The normalized spacial score (nSPS) is 12.1. The highest BCUT2D eigenvalue weighted by molar-refractivity contribution is 7.12. The summed E-state index contributed by atoms with van der Waals surface area (Å²) in [6, 6.07) is 7.30. The molecule has 18 heavy (non-hydrogen) atoms. The van der Waals surface area contributed by atoms with Gasteiger partial charge in [0.05, 0.1) is 6.04 Å². The molecule has 0 saturated carbocycles. The first-order chi connectivity index (χ1) is 8.58. The van der Waals surface area contributed by atoms with Gasteiger partial charge in [0, 0.05) is 16.0 Å². The predicted molar refractivity (Wildman–Crippen MR) is 72.3 cm³/mol. The Morgan fingerprint density at radius 2 is 2.22 bits per heavy atom. The van der Waals surface area contributed by atoms with Gasteiger partial charge in [0.1, 0.15) is 11.4 Å². The average Bonchev–Trinajstić information content (AvgIpc) is 2.76. The summed E-state index contributed by atoms with van der Waals surface area (Å²) in [5, 5.41) is 12.2. The van der Waals surface area contributed by atoms with Gasteiger partial charge in [-0.1, -0.05) is 0 Å². The summed E-state index contributed by atoms with van der Waals surface area (Å²) in [6.07, 6.45) is 1.58. The van der Waals surface area contributed by atoms with Gasteiger partial charge >= 0.3 is 5.97 Å². The minimum absolute atomic E-state index is 0.0386. The minimum atomic E-state index is -0.972. The van der Waals surface area contributed by atoms with Crippen molar-refractivity contribution in [2.75, 3.05) is 5.32 Å². The van der Waals surface area contributed by atoms with Crippen LogP contribution in [0.3, 0.4) is 0 Å². The molecule has 0 spiro atoms. The number of pyridine rings is 1. The molecule has 0 amide bonds. The smallest absolute Gasteiger partial charge is 0.339 e. The van der Waals surface area contributed by atoms with Crippen molar-refractivity contribution in [3.8, 4) is 0 Å². The third-order valence-corrected chi connectivity index (χ3v) is 3.76. The van der Waals surface area contributed by atoms with Crippen LogP contribution in [0.4, 0.5) is 5.82 Å². The second kappa shape index (κ2) is 5.18. The summed E-state index contributed by atoms with van der Waals surface area (Å²) in [4.78, 5) is 17.5. The zero-order valence-corrected chi connectivity index (χ0v) is 11.0. The molecule has 2 rings (SSSR count). The molecule has 0 aliphatic carbocycles. The first-order valence-electron chi connectivity index (χ1n) is 5.59. The number of nitrogens with zero attached hydrogens (tertiary/aromatic N) is 1. The van der Waals surface area contributed by atoms with E-state index in [1.807, 2.05) is 19.9 Å². The number of aryl methyl sites for hydroxylation is 1. The number of carboxylic acid groups (broad SMARTS) is 1. The van der Waals surface area contributed by atoms with Gasteiger partial charge in [-0.05, 0) is 38.1 Å². The van der Waals surface area contributed by atoms with E-state index in [0.717, 1.165) is 4.88 Å². The SMILES string of the molecule is Cc1ccc(C(C)Nc2ncccc2C(=O)O)s1. The number of anilines is 1. The number of rotatable bonds is 4. The molecular formula is C13H14N2O2S. The van der Waals surface area contributed by atoms with Crippen molar-refractivity contribution in [1.29, 1.82) is 0 Å². The van der Waals surface area contributed by atoms with Crippen LogP contribution in [0, 0.1) is 6.92 Å². The number of aromatic nitrogens is 1. The monoisotopic (exact) mass is 262 g/mol. The average molecular weight is 262 g/mol. The maximum atomic E-state index is 11.1. The molecule has 2 aromatic rings. The number of aromatic carboxylic acids is 1. The third kappa shape index (κ3) is 2.68. The zero-order valence-electron chi connectivity index (χ0n) is 10.2. The summed E-state index contributed by atoms with van der Waals surface area (Å²) >= 11 is 1.69. The van der Waals surface area contributed by atoms with E-state index in [9.17, 15) is 4.79 Å². The molecule has 0 aliphatic rings. The highest BCUT2D eigenvalue weighted by atomic mass is 32.1. The molecule has 94 valence electrons. The molecule has 2 N–H and O–H groups in total. The second-order valence-corrected chi connectivity index (χ2v) is 5.34. The highest BCUT2D eigenvalue weighted by Crippen LogP contribution is 2.26. The van der Waals surface area contributed by atoms with E-state index in [2.05, 4.69) is 16.4 Å². The van der Waals surface area contributed by atoms with Gasteiger partial charge in [0.2, 0.25) is 0 Å². The zero-order chi connectivity index (χ0) is 13.1. The maximum Gasteiger partial charge on any atom is 0.339 e. The van der Waals surface area contributed by atoms with E-state index < -0.39 is 5.97 Å². The van der Waals surface area contributed by atoms with E-state index in [0.29, 0.717) is 5.82 Å². The largest absolute Gasteiger partial charge is 0.478 e. The lowest BCUT2D eigenvalue weighted by atomic mass is 10.2. The quantitative estimate of drug-likeness (QED) is 0.887. The molecule has 1 atom stereocenters. The van der Waals surface area contributed by atoms with Gasteiger partial charge in [-0.25, -0.2) is 9.78 Å². The summed E-state index contributed by atoms with van der Waals surface area (Å²) in [5.74, 6) is -0.566. The molecule has 2 aromatic heterocycles. The molecule has 2 heterocycles. The van der Waals surface area contributed by atoms with Gasteiger partial charge in [-0.3, -0.25) is 0 Å². The summed E-state index contributed by atoms with van der Waals surface area (Å²) in [6.45, 7) is 4.04. The van der Waals surface area contributed by atoms with Crippen molar-refractivity contribution in [1.82, 2.24) is 4.98 Å². The Labute approximate surface area is 109 Å². The van der Waals surface area contributed by atoms with Crippen LogP contribution in [-0.4, -0.2) is 16.1 Å². The Morgan fingerprint density at radius 1 is 1.44 bits per heavy atom. The molecule has 0 fully saturated rings. The Morgan fingerprint density at radius 3 is 2.83 bits per heavy atom. The van der Waals surface area contributed by atoms with Crippen LogP contribution < -0.4 is 5.32 Å². The third-order valence-electron chi connectivity index (χ3n) is 2.58. The molecular weight excluding hydrogens is 248 g/mol. The number of carbonyl (C=O) groups is 1. The number of carboxylic acids is 1. The first-order valence-corrected chi connectivity index (χ1v) is 6.41. The van der Waals surface area contributed by atoms with Gasteiger partial charge in [-0.2, -0.15) is 0 Å². The van der Waals surface area contributed by atoms with E-state index in [4.69, 9.17) is 5.11 Å². The van der Waals surface area contributed by atoms with Crippen LogP contribution in [0.25, 0.3) is 0 Å². The van der Waals surface area contributed by atoms with Gasteiger partial charge < -0.3 is 10.4 Å². The van der Waals surface area contributed by atoms with Crippen LogP contribution in [-0.2, 0) is 0 Å². The molecule has 0 radical (unpaired) electrons. The molecule has 0 bridgehead atoms. The number of hydrogen-bond donors (Lipinski definition) is 2. The van der Waals surface area contributed by atoms with Crippen molar-refractivity contribution < 1.29 is 9.90 Å². The van der Waals surface area contributed by atoms with Crippen molar-refractivity contribution in [2.45, 2.75) is 19.9 Å². The van der Waals surface area contributed by atoms with Crippen LogP contribution in [0.15, 0.2) is 30.5 Å². The molecule has 1 unspecified atom stereocenters. The minimum Gasteiger partial charge on any atom is -0.478 e. The van der Waals surface area contributed by atoms with E-state index >= 15 is 0 Å². The summed E-state index contributed by atoms with van der Waals surface area (Å²) < 4.78 is 0. The van der Waals surface area contributed by atoms with E-state index in [-0.39, 0.29) is 11.6 Å². The first kappa shape index (κ1) is 12.6. The fourth-order valence-corrected chi connectivity index (χ4v) is 2.53. The fourth-order valence-electron chi connectivity index (χ4n) is 1.66. The van der Waals surface area contributed by atoms with Gasteiger partial charge in [0.15, 0.2) is 0 Å². The molecule has 0 aromatic carbocycles. The van der Waals surface area contributed by atoms with Crippen LogP contribution in [0.1, 0.15) is 33.1 Å². The van der Waals surface area contributed by atoms with Crippen molar-refractivity contribution in [3.63, 3.8) is 0 Å². The maximum absolute atomic E-state index is 11.1. The van der Waals surface area contributed by atoms with E-state index in [1.54, 1.807) is 29.7 Å². The Bertz CT molecular complexity index is 566. The Hall–Kier alpha value is -1.88. The predicted octanol–water partition coefficient (Wildman–Crippen LogP) is 3.32. The summed E-state index contributed by atoms with van der Waals surface area (Å²) in [7, 11) is 0. The van der Waals surface area contributed by atoms with Gasteiger partial charge in [-0.15, -0.1) is 11.3 Å². The van der Waals surface area contributed by atoms with E-state index in [1.165, 1.54) is 4.88 Å². The van der Waals surface area contributed by atoms with Crippen LogP contribution in [0.2, 0.25) is 0 Å². The Balaban J connectivity index is 2.21. The fraction of sp³-hybridized carbons (Fsp3) is 0.231. The molecule has 4 nitrogen and oxygen atoms in total. The number of nitrogens with one attached hydrogen (secondary N) is 1. The van der Waals surface area contributed by atoms with Gasteiger partial charge in [0.25, 0.3) is 0 Å². The van der Waals surface area contributed by atoms with Crippen molar-refractivity contribution >= 4 is 23.1 Å². The molecule has 0 saturated heterocycles. The second-order valence-electron chi connectivity index (χ2n) is 4.02. The molecule has 0 aliphatic heterocycles. The highest BCUT2D eigenvalue weighted by Gasteiger charge is 2.14. The summed E-state index contributed by atoms with van der Waals surface area (Å²) in [5.41, 5.74) is 0.192. The lowest BCUT2D eigenvalue weighted by Gasteiger charge is -2.14.